The van der Waals surface area contributed by atoms with Crippen LogP contribution >= 0.6 is 0 Å². The third kappa shape index (κ3) is 6.12. The lowest BCUT2D eigenvalue weighted by molar-refractivity contribution is 0.0523. The van der Waals surface area contributed by atoms with Crippen LogP contribution in [-0.4, -0.2) is 24.6 Å². The molecule has 2 N–H and O–H groups in total. The fraction of sp³-hybridized carbons (Fsp3) is 0.300. The Hall–Kier alpha value is -3.02. The first-order chi connectivity index (χ1) is 12.2. The molecule has 26 heavy (non-hydrogen) atoms. The Bertz CT molecular complexity index is 737. The Balaban J connectivity index is 1.88. The summed E-state index contributed by atoms with van der Waals surface area (Å²) in [6.07, 6.45) is -0.469. The lowest BCUT2D eigenvalue weighted by Crippen LogP contribution is -2.39. The standard InChI is InChI=1S/C20H25N3O3/c1-20(2,3)26-19(25)21-14-15-10-12-16(13-11-15)18(24)22-23(4)17-8-6-5-7-9-17/h5-13H,14H2,1-4H3,(H,21,25)(H,22,24). The van der Waals surface area contributed by atoms with Crippen molar-refractivity contribution < 1.29 is 14.3 Å². The lowest BCUT2D eigenvalue weighted by atomic mass is 10.1. The number of anilines is 1. The van der Waals surface area contributed by atoms with Gasteiger partial charge < -0.3 is 10.1 Å². The number of benzene rings is 2. The molecule has 6 heteroatoms. The zero-order valence-electron chi connectivity index (χ0n) is 15.6. The summed E-state index contributed by atoms with van der Waals surface area (Å²) in [6.45, 7) is 5.77. The topological polar surface area (TPSA) is 70.7 Å². The number of carbonyl (C=O) groups is 2. The van der Waals surface area contributed by atoms with Gasteiger partial charge in [-0.1, -0.05) is 30.3 Å². The molecule has 0 spiro atoms. The molecular weight excluding hydrogens is 330 g/mol. The smallest absolute Gasteiger partial charge is 0.407 e. The molecule has 2 aromatic rings. The van der Waals surface area contributed by atoms with E-state index in [9.17, 15) is 9.59 Å². The predicted molar refractivity (Wildman–Crippen MR) is 102 cm³/mol. The summed E-state index contributed by atoms with van der Waals surface area (Å²) in [7, 11) is 1.78. The highest BCUT2D eigenvalue weighted by Crippen LogP contribution is 2.11. The largest absolute Gasteiger partial charge is 0.444 e. The number of nitrogens with one attached hydrogen (secondary N) is 2. The first kappa shape index (κ1) is 19.3. The van der Waals surface area contributed by atoms with E-state index in [4.69, 9.17) is 4.74 Å². The van der Waals surface area contributed by atoms with Crippen molar-refractivity contribution in [2.24, 2.45) is 0 Å². The second-order valence-electron chi connectivity index (χ2n) is 6.89. The minimum atomic E-state index is -0.531. The van der Waals surface area contributed by atoms with Gasteiger partial charge in [-0.25, -0.2) is 4.79 Å². The maximum atomic E-state index is 12.3. The number of nitrogens with zero attached hydrogens (tertiary/aromatic N) is 1. The minimum Gasteiger partial charge on any atom is -0.444 e. The van der Waals surface area contributed by atoms with Crippen molar-refractivity contribution in [2.45, 2.75) is 32.9 Å². The first-order valence-electron chi connectivity index (χ1n) is 8.40. The molecule has 0 bridgehead atoms. The summed E-state index contributed by atoms with van der Waals surface area (Å²) in [5.41, 5.74) is 4.58. The highest BCUT2D eigenvalue weighted by atomic mass is 16.6. The van der Waals surface area contributed by atoms with E-state index >= 15 is 0 Å². The normalized spacial score (nSPS) is 10.8. The van der Waals surface area contributed by atoms with Gasteiger partial charge in [0.25, 0.3) is 5.91 Å². The van der Waals surface area contributed by atoms with E-state index in [1.165, 1.54) is 0 Å². The summed E-state index contributed by atoms with van der Waals surface area (Å²) in [5.74, 6) is -0.206. The molecule has 0 saturated carbocycles. The molecule has 0 saturated heterocycles. The molecule has 0 heterocycles. The maximum Gasteiger partial charge on any atom is 0.407 e. The molecule has 138 valence electrons. The Labute approximate surface area is 154 Å². The molecular formula is C20H25N3O3. The minimum absolute atomic E-state index is 0.206. The Morgan fingerprint density at radius 3 is 2.19 bits per heavy atom. The van der Waals surface area contributed by atoms with Crippen molar-refractivity contribution in [1.82, 2.24) is 10.7 Å². The van der Waals surface area contributed by atoms with Gasteiger partial charge in [0, 0.05) is 19.2 Å². The van der Waals surface area contributed by atoms with Crippen LogP contribution < -0.4 is 15.8 Å². The molecule has 0 fully saturated rings. The highest BCUT2D eigenvalue weighted by Gasteiger charge is 2.15. The van der Waals surface area contributed by atoms with Gasteiger partial charge in [-0.15, -0.1) is 0 Å². The van der Waals surface area contributed by atoms with Gasteiger partial charge >= 0.3 is 6.09 Å². The monoisotopic (exact) mass is 355 g/mol. The van der Waals surface area contributed by atoms with Crippen molar-refractivity contribution in [3.05, 3.63) is 65.7 Å². The van der Waals surface area contributed by atoms with Crippen LogP contribution in [0.4, 0.5) is 10.5 Å². The van der Waals surface area contributed by atoms with Crippen molar-refractivity contribution in [3.63, 3.8) is 0 Å². The summed E-state index contributed by atoms with van der Waals surface area (Å²) >= 11 is 0. The van der Waals surface area contributed by atoms with E-state index < -0.39 is 11.7 Å². The van der Waals surface area contributed by atoms with E-state index in [-0.39, 0.29) is 5.91 Å². The fourth-order valence-electron chi connectivity index (χ4n) is 2.20. The molecule has 2 rings (SSSR count). The SMILES string of the molecule is CN(NC(=O)c1ccc(CNC(=O)OC(C)(C)C)cc1)c1ccccc1. The average Bonchev–Trinajstić information content (AvgIpc) is 2.59. The second kappa shape index (κ2) is 8.38. The van der Waals surface area contributed by atoms with Gasteiger partial charge in [-0.2, -0.15) is 0 Å². The van der Waals surface area contributed by atoms with Crippen LogP contribution in [0.25, 0.3) is 0 Å². The van der Waals surface area contributed by atoms with Gasteiger partial charge in [0.2, 0.25) is 0 Å². The molecule has 2 amide bonds. The third-order valence-electron chi connectivity index (χ3n) is 3.46. The van der Waals surface area contributed by atoms with Gasteiger partial charge in [0.1, 0.15) is 5.60 Å². The predicted octanol–water partition coefficient (Wildman–Crippen LogP) is 3.49. The molecule has 0 aliphatic carbocycles. The van der Waals surface area contributed by atoms with Gasteiger partial charge in [-0.3, -0.25) is 15.2 Å². The molecule has 0 radical (unpaired) electrons. The van der Waals surface area contributed by atoms with Crippen molar-refractivity contribution in [3.8, 4) is 0 Å². The number of para-hydroxylation sites is 1. The van der Waals surface area contributed by atoms with Crippen LogP contribution in [0.2, 0.25) is 0 Å². The molecule has 0 atom stereocenters. The number of amides is 2. The number of rotatable bonds is 5. The number of hydrogen-bond acceptors (Lipinski definition) is 4. The van der Waals surface area contributed by atoms with Crippen LogP contribution in [0.3, 0.4) is 0 Å². The van der Waals surface area contributed by atoms with E-state index in [1.807, 2.05) is 51.1 Å². The van der Waals surface area contributed by atoms with Crippen molar-refractivity contribution in [1.29, 1.82) is 0 Å². The molecule has 0 aliphatic heterocycles. The first-order valence-corrected chi connectivity index (χ1v) is 8.40. The Kier molecular flexibility index (Phi) is 6.22. The number of carbonyl (C=O) groups excluding carboxylic acids is 2. The van der Waals surface area contributed by atoms with Crippen LogP contribution in [0, 0.1) is 0 Å². The number of hydrogen-bond donors (Lipinski definition) is 2. The van der Waals surface area contributed by atoms with E-state index in [0.717, 1.165) is 11.3 Å². The average molecular weight is 355 g/mol. The van der Waals surface area contributed by atoms with Crippen molar-refractivity contribution in [2.75, 3.05) is 12.1 Å². The van der Waals surface area contributed by atoms with E-state index in [2.05, 4.69) is 10.7 Å². The summed E-state index contributed by atoms with van der Waals surface area (Å²) in [6, 6.07) is 16.6. The Morgan fingerprint density at radius 2 is 1.62 bits per heavy atom. The lowest BCUT2D eigenvalue weighted by Gasteiger charge is -2.20. The molecule has 6 nitrogen and oxygen atoms in total. The van der Waals surface area contributed by atoms with Gasteiger partial charge in [0.05, 0.1) is 5.69 Å². The summed E-state index contributed by atoms with van der Waals surface area (Å²) in [4.78, 5) is 24.0. The zero-order valence-corrected chi connectivity index (χ0v) is 15.6. The van der Waals surface area contributed by atoms with E-state index in [0.29, 0.717) is 12.1 Å². The number of ether oxygens (including phenoxy) is 1. The zero-order chi connectivity index (χ0) is 19.2. The third-order valence-corrected chi connectivity index (χ3v) is 3.46. The summed E-state index contributed by atoms with van der Waals surface area (Å²) in [5, 5.41) is 4.35. The fourth-order valence-corrected chi connectivity index (χ4v) is 2.20. The van der Waals surface area contributed by atoms with E-state index in [1.54, 1.807) is 36.3 Å². The second-order valence-corrected chi connectivity index (χ2v) is 6.89. The number of hydrazine groups is 1. The van der Waals surface area contributed by atoms with Gasteiger partial charge in [0.15, 0.2) is 0 Å². The molecule has 0 aromatic heterocycles. The molecule has 0 unspecified atom stereocenters. The van der Waals surface area contributed by atoms with Crippen LogP contribution in [-0.2, 0) is 11.3 Å². The molecule has 2 aromatic carbocycles. The number of alkyl carbamates (subject to hydrolysis) is 1. The quantitative estimate of drug-likeness (QED) is 0.806. The van der Waals surface area contributed by atoms with Crippen molar-refractivity contribution >= 4 is 17.7 Å². The Morgan fingerprint density at radius 1 is 1.00 bits per heavy atom. The summed E-state index contributed by atoms with van der Waals surface area (Å²) < 4.78 is 5.19. The van der Waals surface area contributed by atoms with Crippen LogP contribution in [0.15, 0.2) is 54.6 Å². The maximum absolute atomic E-state index is 12.3. The van der Waals surface area contributed by atoms with Gasteiger partial charge in [-0.05, 0) is 50.6 Å². The van der Waals surface area contributed by atoms with Crippen LogP contribution in [0.1, 0.15) is 36.7 Å². The van der Waals surface area contributed by atoms with Crippen LogP contribution in [0.5, 0.6) is 0 Å². The molecule has 0 aliphatic rings. The highest BCUT2D eigenvalue weighted by molar-refractivity contribution is 5.95.